The van der Waals surface area contributed by atoms with Crippen molar-refractivity contribution in [1.82, 2.24) is 15.5 Å². The Bertz CT molecular complexity index is 508. The number of aliphatic hydroxyl groups excluding tert-OH is 1. The van der Waals surface area contributed by atoms with Crippen molar-refractivity contribution in [1.29, 1.82) is 0 Å². The van der Waals surface area contributed by atoms with Crippen LogP contribution in [0.5, 0.6) is 0 Å². The van der Waals surface area contributed by atoms with Gasteiger partial charge in [-0.25, -0.2) is 0 Å². The number of likely N-dealkylation sites (tertiary alicyclic amines) is 1. The number of carbonyl (C=O) groups excluding carboxylic acids is 3. The summed E-state index contributed by atoms with van der Waals surface area (Å²) in [5.41, 5.74) is 4.61. The first-order valence-electron chi connectivity index (χ1n) is 8.02. The second kappa shape index (κ2) is 6.45. The Labute approximate surface area is 135 Å². The Balaban J connectivity index is 2.15. The van der Waals surface area contributed by atoms with E-state index in [9.17, 15) is 19.5 Å². The van der Waals surface area contributed by atoms with E-state index in [2.05, 4.69) is 10.6 Å². The summed E-state index contributed by atoms with van der Waals surface area (Å²) in [4.78, 5) is 37.9. The average molecular weight is 326 g/mol. The molecule has 2 heterocycles. The van der Waals surface area contributed by atoms with Crippen LogP contribution < -0.4 is 16.4 Å². The number of carbonyl (C=O) groups is 3. The maximum absolute atomic E-state index is 12.6. The molecule has 4 unspecified atom stereocenters. The van der Waals surface area contributed by atoms with Gasteiger partial charge < -0.3 is 21.5 Å². The average Bonchev–Trinajstić information content (AvgIpc) is 2.83. The van der Waals surface area contributed by atoms with Gasteiger partial charge in [-0.1, -0.05) is 13.8 Å². The summed E-state index contributed by atoms with van der Waals surface area (Å²) in [5.74, 6) is -0.905. The number of rotatable bonds is 6. The van der Waals surface area contributed by atoms with E-state index in [1.165, 1.54) is 6.92 Å². The molecule has 2 rings (SSSR count). The van der Waals surface area contributed by atoms with E-state index in [0.29, 0.717) is 25.9 Å². The lowest BCUT2D eigenvalue weighted by atomic mass is 9.88. The van der Waals surface area contributed by atoms with E-state index >= 15 is 0 Å². The van der Waals surface area contributed by atoms with Gasteiger partial charge in [0.2, 0.25) is 17.7 Å². The van der Waals surface area contributed by atoms with Crippen LogP contribution in [0.3, 0.4) is 0 Å². The molecule has 4 atom stereocenters. The fraction of sp³-hybridized carbons (Fsp3) is 0.800. The number of amides is 3. The monoisotopic (exact) mass is 326 g/mol. The summed E-state index contributed by atoms with van der Waals surface area (Å²) in [6.45, 7) is 6.61. The summed E-state index contributed by atoms with van der Waals surface area (Å²) in [6.07, 6.45) is 0.0777. The molecule has 0 saturated carbocycles. The molecule has 0 aliphatic carbocycles. The number of β-lactam (4-membered cyclic amide) rings is 1. The summed E-state index contributed by atoms with van der Waals surface area (Å²) in [6, 6.07) is -1.63. The van der Waals surface area contributed by atoms with Crippen LogP contribution in [-0.2, 0) is 14.4 Å². The van der Waals surface area contributed by atoms with Gasteiger partial charge in [-0.05, 0) is 25.7 Å². The molecule has 130 valence electrons. The van der Waals surface area contributed by atoms with Crippen LogP contribution in [0.4, 0.5) is 0 Å². The van der Waals surface area contributed by atoms with Crippen molar-refractivity contribution < 1.29 is 19.5 Å². The molecule has 5 N–H and O–H groups in total. The molecule has 1 spiro atoms. The van der Waals surface area contributed by atoms with Crippen LogP contribution in [0.25, 0.3) is 0 Å². The number of nitrogens with two attached hydrogens (primary N) is 1. The Morgan fingerprint density at radius 3 is 2.52 bits per heavy atom. The number of nitrogens with zero attached hydrogens (tertiary/aromatic N) is 1. The van der Waals surface area contributed by atoms with E-state index in [1.807, 2.05) is 18.7 Å². The third kappa shape index (κ3) is 3.18. The lowest BCUT2D eigenvalue weighted by Crippen LogP contribution is -2.72. The molecule has 2 aliphatic heterocycles. The SMILES string of the molecule is CC(C)CN1C(C(=O)NC(C(N)=O)C(C)O)CCC12CNC2=O. The minimum absolute atomic E-state index is 0.0459. The largest absolute Gasteiger partial charge is 0.391 e. The third-order valence-corrected chi connectivity index (χ3v) is 4.67. The highest BCUT2D eigenvalue weighted by Crippen LogP contribution is 2.38. The van der Waals surface area contributed by atoms with Gasteiger partial charge in [0.05, 0.1) is 12.1 Å². The molecule has 8 heteroatoms. The maximum atomic E-state index is 12.6. The fourth-order valence-corrected chi connectivity index (χ4v) is 3.42. The molecule has 3 amide bonds. The van der Waals surface area contributed by atoms with E-state index < -0.39 is 29.6 Å². The Morgan fingerprint density at radius 2 is 2.13 bits per heavy atom. The van der Waals surface area contributed by atoms with Crippen molar-refractivity contribution in [3.63, 3.8) is 0 Å². The van der Waals surface area contributed by atoms with Crippen molar-refractivity contribution in [3.05, 3.63) is 0 Å². The number of primary amides is 1. The lowest BCUT2D eigenvalue weighted by Gasteiger charge is -2.46. The van der Waals surface area contributed by atoms with Crippen molar-refractivity contribution in [2.75, 3.05) is 13.1 Å². The molecule has 0 aromatic carbocycles. The molecule has 2 saturated heterocycles. The Morgan fingerprint density at radius 1 is 1.48 bits per heavy atom. The first kappa shape index (κ1) is 17.7. The predicted octanol–water partition coefficient (Wildman–Crippen LogP) is -1.67. The summed E-state index contributed by atoms with van der Waals surface area (Å²) in [5, 5.41) is 14.9. The van der Waals surface area contributed by atoms with Gasteiger partial charge in [-0.2, -0.15) is 0 Å². The highest BCUT2D eigenvalue weighted by atomic mass is 16.3. The zero-order valence-corrected chi connectivity index (χ0v) is 13.8. The van der Waals surface area contributed by atoms with Gasteiger partial charge in [0.1, 0.15) is 11.6 Å². The van der Waals surface area contributed by atoms with Gasteiger partial charge in [0.25, 0.3) is 0 Å². The minimum atomic E-state index is -1.13. The highest BCUT2D eigenvalue weighted by molar-refractivity contribution is 5.95. The molecule has 2 aliphatic rings. The van der Waals surface area contributed by atoms with Crippen LogP contribution in [0, 0.1) is 5.92 Å². The minimum Gasteiger partial charge on any atom is -0.391 e. The van der Waals surface area contributed by atoms with Crippen molar-refractivity contribution >= 4 is 17.7 Å². The number of nitrogens with one attached hydrogen (secondary N) is 2. The normalized spacial score (nSPS) is 30.0. The zero-order valence-electron chi connectivity index (χ0n) is 13.8. The van der Waals surface area contributed by atoms with Gasteiger partial charge in [-0.15, -0.1) is 0 Å². The molecule has 23 heavy (non-hydrogen) atoms. The summed E-state index contributed by atoms with van der Waals surface area (Å²) < 4.78 is 0. The second-order valence-corrected chi connectivity index (χ2v) is 6.94. The van der Waals surface area contributed by atoms with E-state index in [1.54, 1.807) is 0 Å². The summed E-state index contributed by atoms with van der Waals surface area (Å²) >= 11 is 0. The smallest absolute Gasteiger partial charge is 0.242 e. The topological polar surface area (TPSA) is 125 Å². The third-order valence-electron chi connectivity index (χ3n) is 4.67. The van der Waals surface area contributed by atoms with E-state index in [-0.39, 0.29) is 17.7 Å². The lowest BCUT2D eigenvalue weighted by molar-refractivity contribution is -0.145. The number of aliphatic hydroxyl groups is 1. The fourth-order valence-electron chi connectivity index (χ4n) is 3.42. The standard InChI is InChI=1S/C15H26N4O4/c1-8(2)6-19-10(4-5-15(19)7-17-14(15)23)13(22)18-11(9(3)20)12(16)21/h8-11,20H,4-7H2,1-3H3,(H2,16,21)(H,17,23)(H,18,22). The summed E-state index contributed by atoms with van der Waals surface area (Å²) in [7, 11) is 0. The van der Waals surface area contributed by atoms with Crippen LogP contribution in [0.2, 0.25) is 0 Å². The molecule has 2 fully saturated rings. The number of hydrogen-bond acceptors (Lipinski definition) is 5. The van der Waals surface area contributed by atoms with E-state index in [0.717, 1.165) is 0 Å². The van der Waals surface area contributed by atoms with Gasteiger partial charge in [0.15, 0.2) is 0 Å². The first-order chi connectivity index (χ1) is 10.7. The first-order valence-corrected chi connectivity index (χ1v) is 8.02. The molecule has 0 radical (unpaired) electrons. The van der Waals surface area contributed by atoms with Gasteiger partial charge in [0, 0.05) is 13.1 Å². The van der Waals surface area contributed by atoms with Crippen molar-refractivity contribution in [3.8, 4) is 0 Å². The van der Waals surface area contributed by atoms with Crippen molar-refractivity contribution in [2.45, 2.75) is 57.3 Å². The predicted molar refractivity (Wildman–Crippen MR) is 83.1 cm³/mol. The second-order valence-electron chi connectivity index (χ2n) is 6.94. The van der Waals surface area contributed by atoms with Crippen LogP contribution >= 0.6 is 0 Å². The van der Waals surface area contributed by atoms with Gasteiger partial charge >= 0.3 is 0 Å². The molecular weight excluding hydrogens is 300 g/mol. The Hall–Kier alpha value is -1.67. The molecule has 8 nitrogen and oxygen atoms in total. The van der Waals surface area contributed by atoms with Crippen LogP contribution in [0.15, 0.2) is 0 Å². The molecular formula is C15H26N4O4. The zero-order chi connectivity index (χ0) is 17.4. The maximum Gasteiger partial charge on any atom is 0.242 e. The number of hydrogen-bond donors (Lipinski definition) is 4. The van der Waals surface area contributed by atoms with E-state index in [4.69, 9.17) is 5.73 Å². The quantitative estimate of drug-likeness (QED) is 0.434. The molecule has 0 aromatic heterocycles. The van der Waals surface area contributed by atoms with Crippen LogP contribution in [-0.4, -0.2) is 64.5 Å². The van der Waals surface area contributed by atoms with Crippen LogP contribution in [0.1, 0.15) is 33.6 Å². The molecule has 0 bridgehead atoms. The molecule has 0 aromatic rings. The van der Waals surface area contributed by atoms with Gasteiger partial charge in [-0.3, -0.25) is 19.3 Å². The van der Waals surface area contributed by atoms with Crippen molar-refractivity contribution in [2.24, 2.45) is 11.7 Å². The highest BCUT2D eigenvalue weighted by Gasteiger charge is 2.58. The Kier molecular flexibility index (Phi) is 4.95.